The monoisotopic (exact) mass is 267 g/mol. The highest BCUT2D eigenvalue weighted by Crippen LogP contribution is 2.27. The summed E-state index contributed by atoms with van der Waals surface area (Å²) in [6, 6.07) is 0. The van der Waals surface area contributed by atoms with Gasteiger partial charge in [-0.25, -0.2) is 0 Å². The first-order valence-corrected chi connectivity index (χ1v) is 6.09. The second-order valence-corrected chi connectivity index (χ2v) is 4.69. The van der Waals surface area contributed by atoms with Crippen molar-refractivity contribution in [2.75, 3.05) is 33.2 Å². The highest BCUT2D eigenvalue weighted by atomic mass is 19.4. The fourth-order valence-electron chi connectivity index (χ4n) is 2.26. The molecule has 0 aromatic heterocycles. The molecule has 1 amide bonds. The van der Waals surface area contributed by atoms with Gasteiger partial charge in [-0.2, -0.15) is 13.2 Å². The molecule has 1 aliphatic heterocycles. The zero-order valence-electron chi connectivity index (χ0n) is 10.5. The molecule has 1 aliphatic rings. The first-order valence-electron chi connectivity index (χ1n) is 6.09. The molecule has 0 spiro atoms. The number of piperidine rings is 1. The zero-order valence-corrected chi connectivity index (χ0v) is 10.5. The lowest BCUT2D eigenvalue weighted by atomic mass is 9.96. The minimum Gasteiger partial charge on any atom is -0.359 e. The Kier molecular flexibility index (Phi) is 5.40. The van der Waals surface area contributed by atoms with E-state index in [0.29, 0.717) is 13.1 Å². The van der Waals surface area contributed by atoms with E-state index in [2.05, 4.69) is 5.32 Å². The van der Waals surface area contributed by atoms with E-state index in [1.807, 2.05) is 0 Å². The maximum absolute atomic E-state index is 12.6. The fraction of sp³-hybridized carbons (Fsp3) is 0.909. The van der Waals surface area contributed by atoms with E-state index in [0.717, 1.165) is 12.8 Å². The highest BCUT2D eigenvalue weighted by molar-refractivity contribution is 5.78. The van der Waals surface area contributed by atoms with E-state index in [4.69, 9.17) is 5.73 Å². The lowest BCUT2D eigenvalue weighted by Crippen LogP contribution is -2.47. The van der Waals surface area contributed by atoms with Crippen LogP contribution in [0.5, 0.6) is 0 Å². The van der Waals surface area contributed by atoms with Crippen LogP contribution in [0.1, 0.15) is 12.8 Å². The summed E-state index contributed by atoms with van der Waals surface area (Å²) in [6.07, 6.45) is -2.79. The van der Waals surface area contributed by atoms with Crippen molar-refractivity contribution in [3.8, 4) is 0 Å². The third-order valence-electron chi connectivity index (χ3n) is 3.35. The summed E-state index contributed by atoms with van der Waals surface area (Å²) in [7, 11) is 1.54. The van der Waals surface area contributed by atoms with Crippen LogP contribution in [0.2, 0.25) is 0 Å². The van der Waals surface area contributed by atoms with E-state index in [1.54, 1.807) is 11.9 Å². The number of likely N-dealkylation sites (tertiary alicyclic amines) is 1. The quantitative estimate of drug-likeness (QED) is 0.783. The summed E-state index contributed by atoms with van der Waals surface area (Å²) in [5.41, 5.74) is 5.17. The third-order valence-corrected chi connectivity index (χ3v) is 3.35. The van der Waals surface area contributed by atoms with E-state index in [1.165, 1.54) is 0 Å². The van der Waals surface area contributed by atoms with Gasteiger partial charge < -0.3 is 16.0 Å². The minimum atomic E-state index is -4.27. The minimum absolute atomic E-state index is 0.101. The van der Waals surface area contributed by atoms with Crippen LogP contribution in [-0.2, 0) is 4.79 Å². The predicted octanol–water partition coefficient (Wildman–Crippen LogP) is 0.582. The van der Waals surface area contributed by atoms with Crippen LogP contribution in [-0.4, -0.2) is 50.2 Å². The van der Waals surface area contributed by atoms with Gasteiger partial charge in [0.1, 0.15) is 0 Å². The topological polar surface area (TPSA) is 58.4 Å². The van der Waals surface area contributed by atoms with Crippen LogP contribution in [0, 0.1) is 11.8 Å². The predicted molar refractivity (Wildman–Crippen MR) is 61.8 cm³/mol. The van der Waals surface area contributed by atoms with Crippen LogP contribution < -0.4 is 11.1 Å². The van der Waals surface area contributed by atoms with Gasteiger partial charge >= 0.3 is 6.18 Å². The van der Waals surface area contributed by atoms with Gasteiger partial charge in [0.15, 0.2) is 0 Å². The number of nitrogens with two attached hydrogens (primary N) is 1. The van der Waals surface area contributed by atoms with Gasteiger partial charge in [-0.15, -0.1) is 0 Å². The number of hydrogen-bond acceptors (Lipinski definition) is 3. The summed E-state index contributed by atoms with van der Waals surface area (Å²) in [4.78, 5) is 13.2. The number of nitrogens with zero attached hydrogens (tertiary/aromatic N) is 1. The molecule has 0 bridgehead atoms. The van der Waals surface area contributed by atoms with Gasteiger partial charge in [-0.3, -0.25) is 4.79 Å². The number of amides is 1. The van der Waals surface area contributed by atoms with Crippen molar-refractivity contribution in [2.24, 2.45) is 17.6 Å². The number of carbonyl (C=O) groups excluding carboxylic acids is 1. The molecule has 0 radical (unpaired) electrons. The molecule has 4 nitrogen and oxygen atoms in total. The average Bonchev–Trinajstić information content (AvgIpc) is 2.33. The average molecular weight is 267 g/mol. The molecule has 1 saturated heterocycles. The second-order valence-electron chi connectivity index (χ2n) is 4.69. The Morgan fingerprint density at radius 2 is 2.22 bits per heavy atom. The van der Waals surface area contributed by atoms with Crippen LogP contribution in [0.25, 0.3) is 0 Å². The van der Waals surface area contributed by atoms with Crippen molar-refractivity contribution in [1.82, 2.24) is 10.2 Å². The van der Waals surface area contributed by atoms with Gasteiger partial charge in [0.25, 0.3) is 0 Å². The molecule has 0 aromatic rings. The van der Waals surface area contributed by atoms with Crippen molar-refractivity contribution in [3.05, 3.63) is 0 Å². The number of alkyl halides is 3. The Bertz CT molecular complexity index is 283. The number of hydrogen-bond donors (Lipinski definition) is 2. The first kappa shape index (κ1) is 15.2. The van der Waals surface area contributed by atoms with Crippen LogP contribution >= 0.6 is 0 Å². The summed E-state index contributed by atoms with van der Waals surface area (Å²) >= 11 is 0. The second kappa shape index (κ2) is 6.38. The first-order chi connectivity index (χ1) is 8.38. The largest absolute Gasteiger partial charge is 0.394 e. The van der Waals surface area contributed by atoms with Crippen molar-refractivity contribution < 1.29 is 18.0 Å². The van der Waals surface area contributed by atoms with Crippen LogP contribution in [0.3, 0.4) is 0 Å². The van der Waals surface area contributed by atoms with Crippen molar-refractivity contribution >= 4 is 5.91 Å². The number of halogens is 3. The smallest absolute Gasteiger partial charge is 0.359 e. The molecule has 18 heavy (non-hydrogen) atoms. The molecular weight excluding hydrogens is 247 g/mol. The molecule has 2 unspecified atom stereocenters. The fourth-order valence-corrected chi connectivity index (χ4v) is 2.26. The summed E-state index contributed by atoms with van der Waals surface area (Å²) in [5.74, 6) is -1.83. The molecule has 0 saturated carbocycles. The standard InChI is InChI=1S/C11H20F3N3O/c1-16-10(18)8-3-2-4-17(6-8)7-9(5-15)11(12,13)14/h8-9H,2-7,15H2,1H3,(H,16,18). The normalized spacial score (nSPS) is 23.7. The van der Waals surface area contributed by atoms with Crippen molar-refractivity contribution in [1.29, 1.82) is 0 Å². The van der Waals surface area contributed by atoms with Gasteiger partial charge in [0.2, 0.25) is 5.91 Å². The molecule has 1 rings (SSSR count). The summed E-state index contributed by atoms with van der Waals surface area (Å²) in [5, 5.41) is 2.54. The maximum atomic E-state index is 12.6. The van der Waals surface area contributed by atoms with Gasteiger partial charge in [0, 0.05) is 26.7 Å². The van der Waals surface area contributed by atoms with Gasteiger partial charge in [-0.1, -0.05) is 0 Å². The zero-order chi connectivity index (χ0) is 13.8. The SMILES string of the molecule is CNC(=O)C1CCCN(CC(CN)C(F)(F)F)C1. The molecule has 1 fully saturated rings. The molecule has 3 N–H and O–H groups in total. The van der Waals surface area contributed by atoms with Crippen LogP contribution in [0.15, 0.2) is 0 Å². The van der Waals surface area contributed by atoms with Gasteiger partial charge in [0.05, 0.1) is 11.8 Å². The Balaban J connectivity index is 2.54. The lowest BCUT2D eigenvalue weighted by molar-refractivity contribution is -0.177. The third kappa shape index (κ3) is 4.13. The number of carbonyl (C=O) groups is 1. The number of rotatable bonds is 4. The summed E-state index contributed by atoms with van der Waals surface area (Å²) < 4.78 is 37.8. The number of nitrogens with one attached hydrogen (secondary N) is 1. The van der Waals surface area contributed by atoms with E-state index in [9.17, 15) is 18.0 Å². The summed E-state index contributed by atoms with van der Waals surface area (Å²) in [6.45, 7) is 0.449. The van der Waals surface area contributed by atoms with E-state index >= 15 is 0 Å². The molecular formula is C11H20F3N3O. The van der Waals surface area contributed by atoms with Crippen molar-refractivity contribution in [3.63, 3.8) is 0 Å². The Morgan fingerprint density at radius 3 is 2.72 bits per heavy atom. The van der Waals surface area contributed by atoms with E-state index in [-0.39, 0.29) is 18.4 Å². The molecule has 1 heterocycles. The Morgan fingerprint density at radius 1 is 1.56 bits per heavy atom. The van der Waals surface area contributed by atoms with Crippen molar-refractivity contribution in [2.45, 2.75) is 19.0 Å². The van der Waals surface area contributed by atoms with Crippen LogP contribution in [0.4, 0.5) is 13.2 Å². The molecule has 106 valence electrons. The Hall–Kier alpha value is -0.820. The molecule has 0 aromatic carbocycles. The highest BCUT2D eigenvalue weighted by Gasteiger charge is 2.40. The Labute approximate surface area is 105 Å². The lowest BCUT2D eigenvalue weighted by Gasteiger charge is -2.34. The molecule has 0 aliphatic carbocycles. The molecule has 2 atom stereocenters. The van der Waals surface area contributed by atoms with Gasteiger partial charge in [-0.05, 0) is 19.4 Å². The maximum Gasteiger partial charge on any atom is 0.394 e. The van der Waals surface area contributed by atoms with E-state index < -0.39 is 18.6 Å². The molecule has 7 heteroatoms.